The van der Waals surface area contributed by atoms with Crippen molar-refractivity contribution in [1.29, 1.82) is 0 Å². The number of amides is 2. The quantitative estimate of drug-likeness (QED) is 0.865. The smallest absolute Gasteiger partial charge is 0.225 e. The monoisotopic (exact) mass is 315 g/mol. The van der Waals surface area contributed by atoms with Gasteiger partial charge in [-0.2, -0.15) is 0 Å². The van der Waals surface area contributed by atoms with Gasteiger partial charge in [-0.05, 0) is 24.5 Å². The van der Waals surface area contributed by atoms with Gasteiger partial charge in [-0.15, -0.1) is 0 Å². The minimum absolute atomic E-state index is 0.0292. The molecule has 0 radical (unpaired) electrons. The Bertz CT molecular complexity index is 538. The van der Waals surface area contributed by atoms with Crippen molar-refractivity contribution in [3.8, 4) is 0 Å². The van der Waals surface area contributed by atoms with Crippen LogP contribution in [0, 0.1) is 0 Å². The van der Waals surface area contributed by atoms with Gasteiger partial charge in [0.25, 0.3) is 0 Å². The van der Waals surface area contributed by atoms with Crippen LogP contribution in [0.1, 0.15) is 50.5 Å². The van der Waals surface area contributed by atoms with Crippen LogP contribution in [0.3, 0.4) is 0 Å². The Morgan fingerprint density at radius 3 is 2.74 bits per heavy atom. The van der Waals surface area contributed by atoms with Crippen molar-refractivity contribution in [2.24, 2.45) is 0 Å². The number of pyridine rings is 1. The molecule has 0 bridgehead atoms. The fourth-order valence-corrected chi connectivity index (χ4v) is 3.72. The fourth-order valence-electron chi connectivity index (χ4n) is 3.72. The minimum Gasteiger partial charge on any atom is -0.351 e. The first-order chi connectivity index (χ1) is 11.2. The standard InChI is InChI=1S/C18H25N3O2/c22-17(10-14-6-5-9-19-12-14)20-15-11-18(23)21(13-15)16-7-3-1-2-4-8-16/h5-6,9,12,15-16H,1-4,7-8,10-11,13H2,(H,20,22)/t15-/m0/s1. The van der Waals surface area contributed by atoms with E-state index in [4.69, 9.17) is 0 Å². The molecule has 1 aliphatic heterocycles. The highest BCUT2D eigenvalue weighted by Gasteiger charge is 2.34. The Morgan fingerprint density at radius 2 is 2.04 bits per heavy atom. The van der Waals surface area contributed by atoms with Crippen LogP contribution in [0.4, 0.5) is 0 Å². The average molecular weight is 315 g/mol. The van der Waals surface area contributed by atoms with Crippen molar-refractivity contribution in [2.45, 2.75) is 63.5 Å². The van der Waals surface area contributed by atoms with Crippen LogP contribution in [0.5, 0.6) is 0 Å². The minimum atomic E-state index is -0.0464. The van der Waals surface area contributed by atoms with Crippen molar-refractivity contribution in [2.75, 3.05) is 6.54 Å². The molecule has 1 aliphatic carbocycles. The molecule has 2 fully saturated rings. The molecule has 0 aromatic carbocycles. The SMILES string of the molecule is O=C(Cc1cccnc1)N[C@H]1CC(=O)N(C2CCCCCC2)C1. The van der Waals surface area contributed by atoms with E-state index >= 15 is 0 Å². The summed E-state index contributed by atoms with van der Waals surface area (Å²) in [5.74, 6) is 0.169. The van der Waals surface area contributed by atoms with E-state index in [0.29, 0.717) is 25.4 Å². The first-order valence-corrected chi connectivity index (χ1v) is 8.70. The van der Waals surface area contributed by atoms with Crippen LogP contribution >= 0.6 is 0 Å². The van der Waals surface area contributed by atoms with Crippen molar-refractivity contribution in [1.82, 2.24) is 15.2 Å². The maximum absolute atomic E-state index is 12.3. The summed E-state index contributed by atoms with van der Waals surface area (Å²) in [6, 6.07) is 4.06. The molecule has 3 rings (SSSR count). The molecule has 5 nitrogen and oxygen atoms in total. The van der Waals surface area contributed by atoms with E-state index in [1.54, 1.807) is 12.4 Å². The topological polar surface area (TPSA) is 62.3 Å². The lowest BCUT2D eigenvalue weighted by Crippen LogP contribution is -2.41. The van der Waals surface area contributed by atoms with E-state index in [1.165, 1.54) is 25.7 Å². The van der Waals surface area contributed by atoms with Crippen LogP contribution in [0.15, 0.2) is 24.5 Å². The zero-order chi connectivity index (χ0) is 16.1. The zero-order valence-electron chi connectivity index (χ0n) is 13.5. The van der Waals surface area contributed by atoms with E-state index in [2.05, 4.69) is 10.3 Å². The Morgan fingerprint density at radius 1 is 1.26 bits per heavy atom. The number of likely N-dealkylation sites (tertiary alicyclic amines) is 1. The number of aromatic nitrogens is 1. The number of rotatable bonds is 4. The van der Waals surface area contributed by atoms with Gasteiger partial charge < -0.3 is 10.2 Å². The summed E-state index contributed by atoms with van der Waals surface area (Å²) in [5.41, 5.74) is 0.898. The molecule has 0 unspecified atom stereocenters. The number of hydrogen-bond donors (Lipinski definition) is 1. The second-order valence-corrected chi connectivity index (χ2v) is 6.70. The molecule has 124 valence electrons. The van der Waals surface area contributed by atoms with Crippen LogP contribution in [0.2, 0.25) is 0 Å². The first-order valence-electron chi connectivity index (χ1n) is 8.70. The Hall–Kier alpha value is -1.91. The van der Waals surface area contributed by atoms with E-state index < -0.39 is 0 Å². The molecule has 1 aromatic heterocycles. The van der Waals surface area contributed by atoms with Crippen molar-refractivity contribution < 1.29 is 9.59 Å². The zero-order valence-corrected chi connectivity index (χ0v) is 13.5. The maximum Gasteiger partial charge on any atom is 0.225 e. The summed E-state index contributed by atoms with van der Waals surface area (Å²) >= 11 is 0. The molecule has 2 aliphatic rings. The molecular formula is C18H25N3O2. The lowest BCUT2D eigenvalue weighted by atomic mass is 10.1. The largest absolute Gasteiger partial charge is 0.351 e. The highest BCUT2D eigenvalue weighted by Crippen LogP contribution is 2.25. The summed E-state index contributed by atoms with van der Waals surface area (Å²) in [5, 5.41) is 3.01. The van der Waals surface area contributed by atoms with E-state index in [9.17, 15) is 9.59 Å². The number of carbonyl (C=O) groups excluding carboxylic acids is 2. The van der Waals surface area contributed by atoms with Crippen LogP contribution < -0.4 is 5.32 Å². The summed E-state index contributed by atoms with van der Waals surface area (Å²) in [6.45, 7) is 0.669. The van der Waals surface area contributed by atoms with Gasteiger partial charge >= 0.3 is 0 Å². The molecule has 2 heterocycles. The normalized spacial score (nSPS) is 22.9. The Kier molecular flexibility index (Phi) is 5.26. The predicted octanol–water partition coefficient (Wildman–Crippen LogP) is 2.06. The molecule has 1 atom stereocenters. The lowest BCUT2D eigenvalue weighted by molar-refractivity contribution is -0.129. The summed E-state index contributed by atoms with van der Waals surface area (Å²) in [6.07, 6.45) is 11.4. The van der Waals surface area contributed by atoms with Crippen LogP contribution in [-0.4, -0.2) is 40.3 Å². The van der Waals surface area contributed by atoms with Gasteiger partial charge in [0.2, 0.25) is 11.8 Å². The second kappa shape index (κ2) is 7.57. The molecule has 0 spiro atoms. The van der Waals surface area contributed by atoms with Crippen molar-refractivity contribution in [3.63, 3.8) is 0 Å². The number of hydrogen-bond acceptors (Lipinski definition) is 3. The molecule has 2 amide bonds. The molecule has 1 aromatic rings. The maximum atomic E-state index is 12.3. The third-order valence-corrected chi connectivity index (χ3v) is 4.88. The van der Waals surface area contributed by atoms with Gasteiger partial charge in [0.15, 0.2) is 0 Å². The molecule has 1 saturated carbocycles. The van der Waals surface area contributed by atoms with E-state index in [0.717, 1.165) is 18.4 Å². The lowest BCUT2D eigenvalue weighted by Gasteiger charge is -2.27. The third kappa shape index (κ3) is 4.30. The van der Waals surface area contributed by atoms with Gasteiger partial charge in [-0.25, -0.2) is 0 Å². The van der Waals surface area contributed by atoms with Gasteiger partial charge in [0.05, 0.1) is 12.5 Å². The molecule has 1 saturated heterocycles. The van der Waals surface area contributed by atoms with Crippen molar-refractivity contribution >= 4 is 11.8 Å². The van der Waals surface area contributed by atoms with Crippen LogP contribution in [0.25, 0.3) is 0 Å². The van der Waals surface area contributed by atoms with Gasteiger partial charge in [0, 0.05) is 31.4 Å². The highest BCUT2D eigenvalue weighted by molar-refractivity contribution is 5.83. The summed E-state index contributed by atoms with van der Waals surface area (Å²) < 4.78 is 0. The van der Waals surface area contributed by atoms with E-state index in [1.807, 2.05) is 17.0 Å². The number of nitrogens with one attached hydrogen (secondary N) is 1. The molecule has 1 N–H and O–H groups in total. The summed E-state index contributed by atoms with van der Waals surface area (Å²) in [7, 11) is 0. The summed E-state index contributed by atoms with van der Waals surface area (Å²) in [4.78, 5) is 30.5. The van der Waals surface area contributed by atoms with Crippen LogP contribution in [-0.2, 0) is 16.0 Å². The highest BCUT2D eigenvalue weighted by atomic mass is 16.2. The molecule has 5 heteroatoms. The third-order valence-electron chi connectivity index (χ3n) is 4.88. The fraction of sp³-hybridized carbons (Fsp3) is 0.611. The van der Waals surface area contributed by atoms with Crippen molar-refractivity contribution in [3.05, 3.63) is 30.1 Å². The Labute approximate surface area is 137 Å². The first kappa shape index (κ1) is 16.0. The second-order valence-electron chi connectivity index (χ2n) is 6.70. The number of carbonyl (C=O) groups is 2. The van der Waals surface area contributed by atoms with Gasteiger partial charge in [0.1, 0.15) is 0 Å². The number of nitrogens with zero attached hydrogens (tertiary/aromatic N) is 2. The molecule has 23 heavy (non-hydrogen) atoms. The van der Waals surface area contributed by atoms with Gasteiger partial charge in [-0.1, -0.05) is 31.7 Å². The Balaban J connectivity index is 1.51. The van der Waals surface area contributed by atoms with Gasteiger partial charge in [-0.3, -0.25) is 14.6 Å². The molecular weight excluding hydrogens is 290 g/mol. The van der Waals surface area contributed by atoms with E-state index in [-0.39, 0.29) is 17.9 Å². The predicted molar refractivity (Wildman–Crippen MR) is 87.7 cm³/mol. The average Bonchev–Trinajstić information content (AvgIpc) is 2.76.